The van der Waals surface area contributed by atoms with Crippen molar-refractivity contribution in [1.82, 2.24) is 4.98 Å². The van der Waals surface area contributed by atoms with Crippen LogP contribution in [0, 0.1) is 0 Å². The molecule has 0 radical (unpaired) electrons. The van der Waals surface area contributed by atoms with Gasteiger partial charge in [-0.05, 0) is 24.1 Å². The average Bonchev–Trinajstić information content (AvgIpc) is 2.70. The molecule has 2 rings (SSSR count). The maximum atomic E-state index is 12.9. The van der Waals surface area contributed by atoms with E-state index in [1.807, 2.05) is 0 Å². The summed E-state index contributed by atoms with van der Waals surface area (Å²) in [5, 5.41) is 8.26. The zero-order valence-corrected chi connectivity index (χ0v) is 9.86. The zero-order chi connectivity index (χ0) is 15.1. The Morgan fingerprint density at radius 3 is 2.00 bits per heavy atom. The van der Waals surface area contributed by atoms with Crippen LogP contribution in [0.25, 0.3) is 10.9 Å². The highest BCUT2D eigenvalue weighted by Gasteiger charge is 2.39. The molecule has 0 unspecified atom stereocenters. The number of alkyl halides is 6. The molecule has 20 heavy (non-hydrogen) atoms. The monoisotopic (exact) mass is 297 g/mol. The average molecular weight is 297 g/mol. The van der Waals surface area contributed by atoms with Gasteiger partial charge in [0.05, 0.1) is 16.6 Å². The molecule has 0 aliphatic heterocycles. The fraction of sp³-hybridized carbons (Fsp3) is 0.333. The van der Waals surface area contributed by atoms with Gasteiger partial charge in [-0.1, -0.05) is 0 Å². The maximum absolute atomic E-state index is 12.9. The van der Waals surface area contributed by atoms with Crippen LogP contribution in [0.1, 0.15) is 16.7 Å². The Hall–Kier alpha value is -1.70. The van der Waals surface area contributed by atoms with Crippen LogP contribution >= 0.6 is 0 Å². The first-order chi connectivity index (χ1) is 9.16. The lowest BCUT2D eigenvalue weighted by Gasteiger charge is -2.14. The number of rotatable bonds is 2. The summed E-state index contributed by atoms with van der Waals surface area (Å²) in [6, 6.07) is 0.824. The highest BCUT2D eigenvalue weighted by molar-refractivity contribution is 5.90. The van der Waals surface area contributed by atoms with Crippen molar-refractivity contribution in [2.75, 3.05) is 6.61 Å². The summed E-state index contributed by atoms with van der Waals surface area (Å²) in [7, 11) is 0. The van der Waals surface area contributed by atoms with Gasteiger partial charge in [-0.2, -0.15) is 26.3 Å². The molecule has 1 aromatic heterocycles. The molecule has 0 saturated carbocycles. The molecular formula is C12H9F6NO. The van der Waals surface area contributed by atoms with Crippen LogP contribution < -0.4 is 0 Å². The molecule has 0 atom stereocenters. The molecule has 2 aromatic rings. The number of benzene rings is 1. The first-order valence-electron chi connectivity index (χ1n) is 5.54. The van der Waals surface area contributed by atoms with Crippen molar-refractivity contribution in [2.45, 2.75) is 18.8 Å². The van der Waals surface area contributed by atoms with Crippen LogP contribution in [0.3, 0.4) is 0 Å². The van der Waals surface area contributed by atoms with Gasteiger partial charge in [0.1, 0.15) is 0 Å². The first-order valence-corrected chi connectivity index (χ1v) is 5.54. The van der Waals surface area contributed by atoms with Gasteiger partial charge >= 0.3 is 12.4 Å². The van der Waals surface area contributed by atoms with E-state index in [9.17, 15) is 26.3 Å². The second-order valence-corrected chi connectivity index (χ2v) is 4.19. The number of halogens is 6. The zero-order valence-electron chi connectivity index (χ0n) is 9.86. The van der Waals surface area contributed by atoms with E-state index in [0.29, 0.717) is 12.1 Å². The van der Waals surface area contributed by atoms with Crippen LogP contribution in [0.4, 0.5) is 26.3 Å². The van der Waals surface area contributed by atoms with Gasteiger partial charge in [-0.25, -0.2) is 0 Å². The van der Waals surface area contributed by atoms with Crippen LogP contribution in [0.2, 0.25) is 0 Å². The van der Waals surface area contributed by atoms with Gasteiger partial charge in [-0.15, -0.1) is 0 Å². The standard InChI is InChI=1S/C12H9F6NO/c13-11(14,15)7-1-2-8(12(16,17)18)10-9(7)6(3-4-20)5-19-10/h1-2,5,19-20H,3-4H2. The number of hydrogen-bond donors (Lipinski definition) is 2. The molecule has 1 aromatic carbocycles. The Morgan fingerprint density at radius 1 is 0.950 bits per heavy atom. The van der Waals surface area contributed by atoms with Crippen LogP contribution in [-0.4, -0.2) is 16.7 Å². The van der Waals surface area contributed by atoms with Gasteiger partial charge in [0.2, 0.25) is 0 Å². The van der Waals surface area contributed by atoms with Crippen molar-refractivity contribution in [3.05, 3.63) is 35.0 Å². The molecule has 0 aliphatic rings. The van der Waals surface area contributed by atoms with Crippen molar-refractivity contribution in [2.24, 2.45) is 0 Å². The molecule has 0 fully saturated rings. The van der Waals surface area contributed by atoms with Crippen molar-refractivity contribution < 1.29 is 31.4 Å². The molecular weight excluding hydrogens is 288 g/mol. The van der Waals surface area contributed by atoms with Crippen LogP contribution in [0.5, 0.6) is 0 Å². The third kappa shape index (κ3) is 2.47. The first kappa shape index (κ1) is 14.7. The molecule has 1 heterocycles. The van der Waals surface area contributed by atoms with E-state index in [2.05, 4.69) is 4.98 Å². The molecule has 0 spiro atoms. The number of nitrogens with one attached hydrogen (secondary N) is 1. The maximum Gasteiger partial charge on any atom is 0.418 e. The summed E-state index contributed by atoms with van der Waals surface area (Å²) in [6.07, 6.45) is -8.63. The van der Waals surface area contributed by atoms with Crippen LogP contribution in [-0.2, 0) is 18.8 Å². The Balaban J connectivity index is 2.81. The fourth-order valence-electron chi connectivity index (χ4n) is 2.11. The third-order valence-corrected chi connectivity index (χ3v) is 2.91. The van der Waals surface area contributed by atoms with Crippen molar-refractivity contribution in [1.29, 1.82) is 0 Å². The molecule has 0 saturated heterocycles. The van der Waals surface area contributed by atoms with Crippen molar-refractivity contribution in [3.63, 3.8) is 0 Å². The summed E-state index contributed by atoms with van der Waals surface area (Å²) < 4.78 is 77.0. The molecule has 0 bridgehead atoms. The highest BCUT2D eigenvalue weighted by Crippen LogP contribution is 2.41. The van der Waals surface area contributed by atoms with Crippen molar-refractivity contribution in [3.8, 4) is 0 Å². The van der Waals surface area contributed by atoms with E-state index in [4.69, 9.17) is 5.11 Å². The second-order valence-electron chi connectivity index (χ2n) is 4.19. The Morgan fingerprint density at radius 2 is 1.50 bits per heavy atom. The fourth-order valence-corrected chi connectivity index (χ4v) is 2.11. The van der Waals surface area contributed by atoms with E-state index in [1.54, 1.807) is 0 Å². The van der Waals surface area contributed by atoms with Gasteiger partial charge < -0.3 is 10.1 Å². The van der Waals surface area contributed by atoms with Gasteiger partial charge in [-0.3, -0.25) is 0 Å². The number of aliphatic hydroxyl groups excluding tert-OH is 1. The second kappa shape index (κ2) is 4.69. The lowest BCUT2D eigenvalue weighted by Crippen LogP contribution is -2.11. The van der Waals surface area contributed by atoms with E-state index in [0.717, 1.165) is 6.20 Å². The predicted molar refractivity (Wildman–Crippen MR) is 59.1 cm³/mol. The minimum atomic E-state index is -4.77. The van der Waals surface area contributed by atoms with E-state index in [1.165, 1.54) is 0 Å². The van der Waals surface area contributed by atoms with Gasteiger partial charge in [0, 0.05) is 18.2 Å². The lowest BCUT2D eigenvalue weighted by atomic mass is 10.0. The number of aliphatic hydroxyl groups is 1. The molecule has 2 nitrogen and oxygen atoms in total. The Bertz CT molecular complexity index is 625. The summed E-state index contributed by atoms with van der Waals surface area (Å²) in [4.78, 5) is 2.23. The highest BCUT2D eigenvalue weighted by atomic mass is 19.4. The number of H-pyrrole nitrogens is 1. The summed E-state index contributed by atoms with van der Waals surface area (Å²) in [6.45, 7) is -0.458. The number of aromatic amines is 1. The normalized spacial score (nSPS) is 13.2. The minimum absolute atomic E-state index is 0.000856. The van der Waals surface area contributed by atoms with Gasteiger partial charge in [0.15, 0.2) is 0 Å². The molecule has 0 amide bonds. The smallest absolute Gasteiger partial charge is 0.396 e. The number of aromatic nitrogens is 1. The molecule has 0 aliphatic carbocycles. The van der Waals surface area contributed by atoms with Crippen LogP contribution in [0.15, 0.2) is 18.3 Å². The number of hydrogen-bond acceptors (Lipinski definition) is 1. The third-order valence-electron chi connectivity index (χ3n) is 2.91. The largest absolute Gasteiger partial charge is 0.418 e. The summed E-state index contributed by atoms with van der Waals surface area (Å²) in [5.41, 5.74) is -2.92. The van der Waals surface area contributed by atoms with Gasteiger partial charge in [0.25, 0.3) is 0 Å². The lowest BCUT2D eigenvalue weighted by molar-refractivity contribution is -0.139. The Kier molecular flexibility index (Phi) is 3.45. The molecule has 2 N–H and O–H groups in total. The minimum Gasteiger partial charge on any atom is -0.396 e. The Labute approximate surface area is 109 Å². The van der Waals surface area contributed by atoms with E-state index >= 15 is 0 Å². The SMILES string of the molecule is OCCc1c[nH]c2c(C(F)(F)F)ccc(C(F)(F)F)c12. The summed E-state index contributed by atoms with van der Waals surface area (Å²) in [5.74, 6) is 0. The van der Waals surface area contributed by atoms with Crippen molar-refractivity contribution >= 4 is 10.9 Å². The molecule has 110 valence electrons. The quantitative estimate of drug-likeness (QED) is 0.814. The molecule has 8 heteroatoms. The topological polar surface area (TPSA) is 36.0 Å². The summed E-state index contributed by atoms with van der Waals surface area (Å²) >= 11 is 0. The number of fused-ring (bicyclic) bond motifs is 1. The van der Waals surface area contributed by atoms with E-state index < -0.39 is 41.0 Å². The van der Waals surface area contributed by atoms with E-state index in [-0.39, 0.29) is 12.0 Å². The predicted octanol–water partition coefficient (Wildman–Crippen LogP) is 3.74.